The molecule has 0 bridgehead atoms. The molecule has 1 aromatic heterocycles. The molecule has 0 atom stereocenters. The first-order valence-corrected chi connectivity index (χ1v) is 8.90. The first kappa shape index (κ1) is 15.7. The molecule has 0 saturated heterocycles. The Morgan fingerprint density at radius 2 is 1.95 bits per heavy atom. The van der Waals surface area contributed by atoms with Gasteiger partial charge in [0, 0.05) is 17.0 Å². The number of hydrogen-bond acceptors (Lipinski definition) is 4. The van der Waals surface area contributed by atoms with Gasteiger partial charge in [0.15, 0.2) is 0 Å². The molecule has 0 aliphatic heterocycles. The molecule has 1 aromatic carbocycles. The summed E-state index contributed by atoms with van der Waals surface area (Å²) in [5.74, 6) is 5.69. The Kier molecular flexibility index (Phi) is 5.53. The second-order valence-electron chi connectivity index (χ2n) is 4.33. The van der Waals surface area contributed by atoms with Gasteiger partial charge in [-0.3, -0.25) is 0 Å². The smallest absolute Gasteiger partial charge is 0.216 e. The molecule has 0 saturated carbocycles. The third kappa shape index (κ3) is 4.99. The van der Waals surface area contributed by atoms with Crippen molar-refractivity contribution in [2.75, 3.05) is 6.54 Å². The quantitative estimate of drug-likeness (QED) is 0.823. The lowest BCUT2D eigenvalue weighted by Gasteiger charge is -2.06. The van der Waals surface area contributed by atoms with Crippen molar-refractivity contribution in [3.05, 3.63) is 57.8 Å². The Labute approximate surface area is 129 Å². The summed E-state index contributed by atoms with van der Waals surface area (Å²) in [7, 11) is -3.36. The first-order chi connectivity index (χ1) is 10.1. The second kappa shape index (κ2) is 7.38. The molecule has 2 rings (SSSR count). The fourth-order valence-corrected chi connectivity index (χ4v) is 3.71. The van der Waals surface area contributed by atoms with Gasteiger partial charge < -0.3 is 5.73 Å². The Morgan fingerprint density at radius 1 is 1.19 bits per heavy atom. The number of thiophene rings is 1. The molecule has 0 amide bonds. The lowest BCUT2D eigenvalue weighted by atomic mass is 10.2. The topological polar surface area (TPSA) is 72.2 Å². The molecule has 0 fully saturated rings. The van der Waals surface area contributed by atoms with Crippen LogP contribution in [-0.2, 0) is 22.3 Å². The average molecular weight is 320 g/mol. The molecular formula is C15H16N2O2S2. The SMILES string of the molecule is NCC#Cc1ccsc1CNS(=O)(=O)Cc1ccccc1. The van der Waals surface area contributed by atoms with E-state index in [9.17, 15) is 8.42 Å². The van der Waals surface area contributed by atoms with E-state index in [0.29, 0.717) is 0 Å². The van der Waals surface area contributed by atoms with Crippen molar-refractivity contribution in [1.29, 1.82) is 0 Å². The van der Waals surface area contributed by atoms with E-state index < -0.39 is 10.0 Å². The summed E-state index contributed by atoms with van der Waals surface area (Å²) in [6.45, 7) is 0.538. The molecule has 0 unspecified atom stereocenters. The zero-order valence-corrected chi connectivity index (χ0v) is 13.0. The maximum Gasteiger partial charge on any atom is 0.216 e. The monoisotopic (exact) mass is 320 g/mol. The number of hydrogen-bond donors (Lipinski definition) is 2. The van der Waals surface area contributed by atoms with E-state index in [4.69, 9.17) is 5.73 Å². The number of benzene rings is 1. The fourth-order valence-electron chi connectivity index (χ4n) is 1.76. The standard InChI is InChI=1S/C15H16N2O2S2/c16-9-4-7-14-8-10-20-15(14)11-17-21(18,19)12-13-5-2-1-3-6-13/h1-3,5-6,8,10,17H,9,11-12,16H2. The Bertz CT molecular complexity index is 741. The number of nitrogens with one attached hydrogen (secondary N) is 1. The number of nitrogens with two attached hydrogens (primary N) is 1. The van der Waals surface area contributed by atoms with Crippen LogP contribution in [0.4, 0.5) is 0 Å². The molecule has 4 nitrogen and oxygen atoms in total. The molecule has 0 aliphatic rings. The van der Waals surface area contributed by atoms with Gasteiger partial charge in [-0.25, -0.2) is 13.1 Å². The summed E-state index contributed by atoms with van der Waals surface area (Å²) in [5.41, 5.74) is 6.93. The predicted octanol–water partition coefficient (Wildman–Crippen LogP) is 1.68. The van der Waals surface area contributed by atoms with Crippen LogP contribution in [0.15, 0.2) is 41.8 Å². The molecular weight excluding hydrogens is 304 g/mol. The van der Waals surface area contributed by atoms with Gasteiger partial charge in [0.25, 0.3) is 0 Å². The van der Waals surface area contributed by atoms with Gasteiger partial charge in [-0.2, -0.15) is 0 Å². The number of rotatable bonds is 5. The maximum atomic E-state index is 12.1. The van der Waals surface area contributed by atoms with Crippen molar-refractivity contribution in [3.8, 4) is 11.8 Å². The highest BCUT2D eigenvalue weighted by Gasteiger charge is 2.12. The van der Waals surface area contributed by atoms with E-state index in [1.165, 1.54) is 11.3 Å². The van der Waals surface area contributed by atoms with Crippen LogP contribution < -0.4 is 10.5 Å². The Hall–Kier alpha value is -1.65. The Morgan fingerprint density at radius 3 is 2.67 bits per heavy atom. The van der Waals surface area contributed by atoms with Gasteiger partial charge in [0.2, 0.25) is 10.0 Å². The third-order valence-corrected chi connectivity index (χ3v) is 4.94. The largest absolute Gasteiger partial charge is 0.320 e. The van der Waals surface area contributed by atoms with Crippen molar-refractivity contribution in [2.45, 2.75) is 12.3 Å². The molecule has 21 heavy (non-hydrogen) atoms. The minimum Gasteiger partial charge on any atom is -0.320 e. The molecule has 110 valence electrons. The molecule has 0 aliphatic carbocycles. The molecule has 0 spiro atoms. The van der Waals surface area contributed by atoms with E-state index >= 15 is 0 Å². The third-order valence-electron chi connectivity index (χ3n) is 2.72. The maximum absolute atomic E-state index is 12.1. The van der Waals surface area contributed by atoms with Crippen molar-refractivity contribution < 1.29 is 8.42 Å². The normalized spacial score (nSPS) is 10.9. The van der Waals surface area contributed by atoms with Crippen molar-refractivity contribution in [3.63, 3.8) is 0 Å². The van der Waals surface area contributed by atoms with Gasteiger partial charge in [-0.1, -0.05) is 42.2 Å². The van der Waals surface area contributed by atoms with Crippen LogP contribution >= 0.6 is 11.3 Å². The van der Waals surface area contributed by atoms with Crippen LogP contribution in [0.2, 0.25) is 0 Å². The van der Waals surface area contributed by atoms with Gasteiger partial charge in [-0.15, -0.1) is 11.3 Å². The lowest BCUT2D eigenvalue weighted by molar-refractivity contribution is 0.581. The van der Waals surface area contributed by atoms with E-state index in [-0.39, 0.29) is 18.8 Å². The summed E-state index contributed by atoms with van der Waals surface area (Å²) in [6.07, 6.45) is 0. The van der Waals surface area contributed by atoms with Crippen LogP contribution in [0.25, 0.3) is 0 Å². The van der Waals surface area contributed by atoms with Crippen LogP contribution in [0.1, 0.15) is 16.0 Å². The predicted molar refractivity (Wildman–Crippen MR) is 86.2 cm³/mol. The zero-order chi connectivity index (χ0) is 15.1. The van der Waals surface area contributed by atoms with Gasteiger partial charge in [0.1, 0.15) is 0 Å². The molecule has 0 radical (unpaired) electrons. The summed E-state index contributed by atoms with van der Waals surface area (Å²) < 4.78 is 26.7. The van der Waals surface area contributed by atoms with Gasteiger partial charge >= 0.3 is 0 Å². The van der Waals surface area contributed by atoms with Crippen LogP contribution in [0, 0.1) is 11.8 Å². The highest BCUT2D eigenvalue weighted by molar-refractivity contribution is 7.88. The van der Waals surface area contributed by atoms with E-state index in [0.717, 1.165) is 16.0 Å². The molecule has 2 aromatic rings. The fraction of sp³-hybridized carbons (Fsp3) is 0.200. The van der Waals surface area contributed by atoms with Crippen molar-refractivity contribution >= 4 is 21.4 Å². The summed E-state index contributed by atoms with van der Waals surface area (Å²) >= 11 is 1.48. The summed E-state index contributed by atoms with van der Waals surface area (Å²) in [5, 5.41) is 1.89. The molecule has 6 heteroatoms. The van der Waals surface area contributed by atoms with Crippen molar-refractivity contribution in [2.24, 2.45) is 5.73 Å². The zero-order valence-electron chi connectivity index (χ0n) is 11.4. The minimum atomic E-state index is -3.36. The average Bonchev–Trinajstić information content (AvgIpc) is 2.91. The van der Waals surface area contributed by atoms with Crippen LogP contribution in [0.5, 0.6) is 0 Å². The number of sulfonamides is 1. The van der Waals surface area contributed by atoms with Gasteiger partial charge in [0.05, 0.1) is 12.3 Å². The summed E-state index contributed by atoms with van der Waals surface area (Å²) in [4.78, 5) is 0.896. The molecule has 1 heterocycles. The van der Waals surface area contributed by atoms with E-state index in [1.807, 2.05) is 29.6 Å². The first-order valence-electron chi connectivity index (χ1n) is 6.37. The van der Waals surface area contributed by atoms with E-state index in [1.54, 1.807) is 12.1 Å². The molecule has 3 N–H and O–H groups in total. The summed E-state index contributed by atoms with van der Waals surface area (Å²) in [6, 6.07) is 11.0. The minimum absolute atomic E-state index is 0.0248. The van der Waals surface area contributed by atoms with Crippen LogP contribution in [-0.4, -0.2) is 15.0 Å². The van der Waals surface area contributed by atoms with Crippen molar-refractivity contribution in [1.82, 2.24) is 4.72 Å². The lowest BCUT2D eigenvalue weighted by Crippen LogP contribution is -2.24. The van der Waals surface area contributed by atoms with Crippen LogP contribution in [0.3, 0.4) is 0 Å². The highest BCUT2D eigenvalue weighted by Crippen LogP contribution is 2.16. The highest BCUT2D eigenvalue weighted by atomic mass is 32.2. The van der Waals surface area contributed by atoms with E-state index in [2.05, 4.69) is 16.6 Å². The van der Waals surface area contributed by atoms with Gasteiger partial charge in [-0.05, 0) is 17.0 Å². The Balaban J connectivity index is 2.01. The second-order valence-corrected chi connectivity index (χ2v) is 7.14.